The first kappa shape index (κ1) is 38.4. The Bertz CT molecular complexity index is 1800. The Balaban J connectivity index is 1.07. The number of hydrogen-bond donors (Lipinski definition) is 2. The van der Waals surface area contributed by atoms with Gasteiger partial charge in [0.15, 0.2) is 0 Å². The zero-order chi connectivity index (χ0) is 34.6. The van der Waals surface area contributed by atoms with Crippen LogP contribution in [0.2, 0.25) is 4.34 Å². The van der Waals surface area contributed by atoms with Crippen LogP contribution >= 0.6 is 77.4 Å². The lowest BCUT2D eigenvalue weighted by Gasteiger charge is -2.34. The van der Waals surface area contributed by atoms with Crippen LogP contribution in [0.3, 0.4) is 0 Å². The molecule has 2 aliphatic rings. The number of sulfonamides is 2. The number of nitrogens with one attached hydrogen (secondary N) is 1. The van der Waals surface area contributed by atoms with Gasteiger partial charge in [-0.25, -0.2) is 21.8 Å². The molecule has 0 spiro atoms. The Morgan fingerprint density at radius 2 is 1.60 bits per heavy atom. The summed E-state index contributed by atoms with van der Waals surface area (Å²) in [5.74, 6) is 0.522. The molecule has 0 aliphatic carbocycles. The van der Waals surface area contributed by atoms with Crippen molar-refractivity contribution in [3.63, 3.8) is 0 Å². The fourth-order valence-corrected chi connectivity index (χ4v) is 12.4. The molecule has 0 saturated carbocycles. The molecule has 2 aromatic heterocycles. The smallest absolute Gasteiger partial charge is 0.322 e. The third-order valence-corrected chi connectivity index (χ3v) is 16.5. The normalized spacial score (nSPS) is 17.9. The Morgan fingerprint density at radius 3 is 2.15 bits per heavy atom. The Morgan fingerprint density at radius 1 is 1.00 bits per heavy atom. The van der Waals surface area contributed by atoms with Crippen molar-refractivity contribution in [3.8, 4) is 0 Å². The van der Waals surface area contributed by atoms with Crippen LogP contribution in [0.15, 0.2) is 60.6 Å². The van der Waals surface area contributed by atoms with Crippen LogP contribution in [0.4, 0.5) is 5.82 Å². The molecule has 0 amide bonds. The summed E-state index contributed by atoms with van der Waals surface area (Å²) in [7, 11) is -7.65. The quantitative estimate of drug-likeness (QED) is 0.170. The first-order valence-corrected chi connectivity index (χ1v) is 22.4. The lowest BCUT2D eigenvalue weighted by Crippen LogP contribution is -2.42. The summed E-state index contributed by atoms with van der Waals surface area (Å²) in [4.78, 5) is 18.4. The summed E-state index contributed by atoms with van der Waals surface area (Å²) in [6.45, 7) is 2.67. The zero-order valence-electron chi connectivity index (χ0n) is 25.8. The highest BCUT2D eigenvalue weighted by Gasteiger charge is 2.32. The largest absolute Gasteiger partial charge is 0.480 e. The number of carboxylic acids is 1. The zero-order valence-corrected chi connectivity index (χ0v) is 34.4. The minimum atomic E-state index is -4.14. The summed E-state index contributed by atoms with van der Waals surface area (Å²) < 4.78 is 59.1. The molecule has 2 N–H and O–H groups in total. The number of aromatic nitrogens is 1. The molecule has 10 nitrogen and oxygen atoms in total. The van der Waals surface area contributed by atoms with Crippen LogP contribution in [0, 0.1) is 15.4 Å². The van der Waals surface area contributed by atoms with E-state index < -0.39 is 32.1 Å². The molecule has 17 heteroatoms. The van der Waals surface area contributed by atoms with Crippen molar-refractivity contribution in [2.24, 2.45) is 11.8 Å². The van der Waals surface area contributed by atoms with Crippen LogP contribution in [0.25, 0.3) is 0 Å². The molecule has 0 bridgehead atoms. The van der Waals surface area contributed by atoms with Gasteiger partial charge in [-0.05, 0) is 128 Å². The van der Waals surface area contributed by atoms with E-state index in [1.54, 1.807) is 22.5 Å². The van der Waals surface area contributed by atoms with Gasteiger partial charge in [-0.3, -0.25) is 4.79 Å². The summed E-state index contributed by atoms with van der Waals surface area (Å²) >= 11 is 16.1. The van der Waals surface area contributed by atoms with E-state index in [2.05, 4.69) is 69.1 Å². The van der Waals surface area contributed by atoms with E-state index >= 15 is 0 Å². The van der Waals surface area contributed by atoms with Crippen molar-refractivity contribution in [2.75, 3.05) is 31.1 Å². The van der Waals surface area contributed by atoms with Gasteiger partial charge >= 0.3 is 5.97 Å². The summed E-state index contributed by atoms with van der Waals surface area (Å²) in [6, 6.07) is 9.00. The molecule has 1 atom stereocenters. The highest BCUT2D eigenvalue weighted by atomic mass is 127. The maximum atomic E-state index is 13.1. The number of carboxylic acid groups (broad SMARTS) is 1. The Hall–Kier alpha value is -0.860. The summed E-state index contributed by atoms with van der Waals surface area (Å²) in [6.07, 6.45) is 8.36. The van der Waals surface area contributed by atoms with Crippen molar-refractivity contribution >= 4 is 109 Å². The molecule has 1 unspecified atom stereocenters. The van der Waals surface area contributed by atoms with Crippen molar-refractivity contribution < 1.29 is 26.7 Å². The second-order valence-corrected chi connectivity index (χ2v) is 20.7. The summed E-state index contributed by atoms with van der Waals surface area (Å²) in [5, 5.41) is 9.70. The fraction of sp³-hybridized carbons (Fsp3) is 0.484. The third kappa shape index (κ3) is 9.72. The van der Waals surface area contributed by atoms with Gasteiger partial charge in [0.1, 0.15) is 25.3 Å². The molecule has 0 radical (unpaired) electrons. The number of halogens is 4. The molecule has 1 aromatic carbocycles. The number of nitrogens with zero attached hydrogens (tertiary/aromatic N) is 3. The summed E-state index contributed by atoms with van der Waals surface area (Å²) in [5.41, 5.74) is 0.715. The average Bonchev–Trinajstić information content (AvgIpc) is 3.40. The van der Waals surface area contributed by atoms with Gasteiger partial charge in [0.25, 0.3) is 10.0 Å². The predicted octanol–water partition coefficient (Wildman–Crippen LogP) is 7.39. The number of benzene rings is 1. The molecule has 2 aliphatic heterocycles. The van der Waals surface area contributed by atoms with Gasteiger partial charge in [0, 0.05) is 40.4 Å². The molecule has 4 heterocycles. The Kier molecular flexibility index (Phi) is 13.3. The number of rotatable bonds is 13. The topological polar surface area (TPSA) is 137 Å². The van der Waals surface area contributed by atoms with Crippen molar-refractivity contribution in [2.45, 2.75) is 66.5 Å². The Labute approximate surface area is 321 Å². The molecule has 2 saturated heterocycles. The number of hydrogen-bond acceptors (Lipinski definition) is 8. The predicted molar refractivity (Wildman–Crippen MR) is 204 cm³/mol. The number of pyridine rings is 1. The van der Waals surface area contributed by atoms with Crippen LogP contribution in [-0.2, 0) is 31.3 Å². The highest BCUT2D eigenvalue weighted by molar-refractivity contribution is 14.1. The maximum absolute atomic E-state index is 13.1. The molecule has 48 heavy (non-hydrogen) atoms. The van der Waals surface area contributed by atoms with E-state index in [9.17, 15) is 26.7 Å². The SMILES string of the molecule is O=C(O)C(Cc1ccc(I)cc1)NS(=O)(=O)c1cnc(N2CCC(CCCC3CCN(S(=O)(=O)c4cc(Br)c(Cl)s4)CC3)CC2)c(Br)c1. The van der Waals surface area contributed by atoms with Gasteiger partial charge in [-0.15, -0.1) is 11.3 Å². The van der Waals surface area contributed by atoms with Crippen LogP contribution in [-0.4, -0.2) is 69.4 Å². The lowest BCUT2D eigenvalue weighted by molar-refractivity contribution is -0.138. The van der Waals surface area contributed by atoms with Crippen LogP contribution in [0.5, 0.6) is 0 Å². The molecule has 2 fully saturated rings. The minimum absolute atomic E-state index is 0.0151. The van der Waals surface area contributed by atoms with E-state index in [1.165, 1.54) is 12.3 Å². The van der Waals surface area contributed by atoms with Gasteiger partial charge < -0.3 is 10.0 Å². The van der Waals surface area contributed by atoms with Gasteiger partial charge in [-0.1, -0.05) is 43.0 Å². The van der Waals surface area contributed by atoms with E-state index in [-0.39, 0.29) is 15.5 Å². The van der Waals surface area contributed by atoms with E-state index in [4.69, 9.17) is 11.6 Å². The third-order valence-electron chi connectivity index (χ3n) is 8.98. The number of piperidine rings is 2. The lowest BCUT2D eigenvalue weighted by atomic mass is 9.87. The van der Waals surface area contributed by atoms with Gasteiger partial charge in [-0.2, -0.15) is 9.03 Å². The maximum Gasteiger partial charge on any atom is 0.322 e. The van der Waals surface area contributed by atoms with Gasteiger partial charge in [0.2, 0.25) is 10.0 Å². The first-order valence-electron chi connectivity index (χ1n) is 15.6. The van der Waals surface area contributed by atoms with Crippen LogP contribution in [0.1, 0.15) is 50.5 Å². The monoisotopic (exact) mass is 976 g/mol. The standard InChI is InChI=1S/C31H36Br2ClIN4O6S3/c32-25-18-28(46-29(25)34)48(44,45)39-14-10-21(11-15-39)3-1-2-20-8-12-38(13-9-20)30-26(33)17-24(19-36-30)47(42,43)37-27(31(40)41)16-22-4-6-23(35)7-5-22/h4-7,17-21,27,37H,1-3,8-16H2,(H,40,41). The van der Waals surface area contributed by atoms with Crippen molar-refractivity contribution in [3.05, 3.63) is 65.0 Å². The molecule has 262 valence electrons. The fourth-order valence-electron chi connectivity index (χ4n) is 6.23. The van der Waals surface area contributed by atoms with E-state index in [1.807, 2.05) is 12.1 Å². The van der Waals surface area contributed by atoms with Crippen molar-refractivity contribution in [1.29, 1.82) is 0 Å². The second-order valence-electron chi connectivity index (χ2n) is 12.2. The van der Waals surface area contributed by atoms with Gasteiger partial charge in [0.05, 0.1) is 4.47 Å². The average molecular weight is 979 g/mol. The molecule has 5 rings (SSSR count). The van der Waals surface area contributed by atoms with E-state index in [0.717, 1.165) is 72.9 Å². The number of carbonyl (C=O) groups is 1. The van der Waals surface area contributed by atoms with E-state index in [0.29, 0.717) is 49.6 Å². The molecular weight excluding hydrogens is 943 g/mol. The highest BCUT2D eigenvalue weighted by Crippen LogP contribution is 2.37. The van der Waals surface area contributed by atoms with Crippen LogP contribution < -0.4 is 9.62 Å². The minimum Gasteiger partial charge on any atom is -0.480 e. The number of anilines is 1. The number of aliphatic carboxylic acids is 1. The second kappa shape index (κ2) is 16.7. The van der Waals surface area contributed by atoms with Crippen molar-refractivity contribution in [1.82, 2.24) is 14.0 Å². The molecular formula is C31H36Br2ClIN4O6S3. The number of thiophene rings is 1. The molecule has 3 aromatic rings. The first-order chi connectivity index (χ1) is 22.7.